The fourth-order valence-corrected chi connectivity index (χ4v) is 3.08. The molecule has 25 heavy (non-hydrogen) atoms. The first-order chi connectivity index (χ1) is 12.3. The summed E-state index contributed by atoms with van der Waals surface area (Å²) in [5, 5.41) is 21.4. The van der Waals surface area contributed by atoms with E-state index in [1.54, 1.807) is 0 Å². The predicted octanol–water partition coefficient (Wildman–Crippen LogP) is 5.36. The Kier molecular flexibility index (Phi) is 21.3. The van der Waals surface area contributed by atoms with Crippen LogP contribution < -0.4 is 5.32 Å². The minimum atomic E-state index is -0.261. The van der Waals surface area contributed by atoms with Crippen molar-refractivity contribution in [1.82, 2.24) is 5.32 Å². The van der Waals surface area contributed by atoms with Crippen molar-refractivity contribution in [3.63, 3.8) is 0 Å². The Labute approximate surface area is 157 Å². The molecule has 0 rings (SSSR count). The zero-order valence-corrected chi connectivity index (χ0v) is 16.9. The van der Waals surface area contributed by atoms with Gasteiger partial charge in [-0.1, -0.05) is 83.3 Å². The van der Waals surface area contributed by atoms with Crippen molar-refractivity contribution < 1.29 is 10.2 Å². The highest BCUT2D eigenvalue weighted by Gasteiger charge is 2.02. The van der Waals surface area contributed by atoms with E-state index in [0.29, 0.717) is 13.1 Å². The van der Waals surface area contributed by atoms with Crippen LogP contribution in [0.1, 0.15) is 103 Å². The predicted molar refractivity (Wildman–Crippen MR) is 110 cm³/mol. The van der Waals surface area contributed by atoms with Crippen molar-refractivity contribution >= 4 is 0 Å². The van der Waals surface area contributed by atoms with Crippen LogP contribution >= 0.6 is 0 Å². The number of aliphatic hydroxyl groups is 2. The third-order valence-corrected chi connectivity index (χ3v) is 4.72. The lowest BCUT2D eigenvalue weighted by molar-refractivity contribution is 0.155. The zero-order valence-electron chi connectivity index (χ0n) is 16.9. The number of unbranched alkanes of at least 4 members (excludes halogenated alkanes) is 12. The first kappa shape index (κ1) is 24.6. The molecule has 0 saturated heterocycles. The Morgan fingerprint density at radius 1 is 0.760 bits per heavy atom. The Hall–Kier alpha value is -0.380. The van der Waals surface area contributed by atoms with Crippen LogP contribution in [-0.2, 0) is 0 Å². The molecule has 3 heteroatoms. The molecule has 0 spiro atoms. The average Bonchev–Trinajstić information content (AvgIpc) is 2.61. The van der Waals surface area contributed by atoms with Gasteiger partial charge in [-0.25, -0.2) is 0 Å². The second kappa shape index (κ2) is 21.7. The lowest BCUT2D eigenvalue weighted by Crippen LogP contribution is -2.28. The summed E-state index contributed by atoms with van der Waals surface area (Å²) in [6, 6.07) is 0. The van der Waals surface area contributed by atoms with Gasteiger partial charge in [-0.3, -0.25) is 0 Å². The van der Waals surface area contributed by atoms with Crippen molar-refractivity contribution in [2.24, 2.45) is 0 Å². The molecule has 3 nitrogen and oxygen atoms in total. The van der Waals surface area contributed by atoms with E-state index in [2.05, 4.69) is 24.4 Å². The molecule has 0 aromatic heterocycles. The highest BCUT2D eigenvalue weighted by molar-refractivity contribution is 4.81. The number of hydrogen-bond acceptors (Lipinski definition) is 3. The van der Waals surface area contributed by atoms with Crippen LogP contribution in [-0.4, -0.2) is 36.0 Å². The Morgan fingerprint density at radius 2 is 1.28 bits per heavy atom. The SMILES string of the molecule is CCCCCCCC/C=C\CCCCCCCCC(O)CNCCO. The largest absolute Gasteiger partial charge is 0.395 e. The van der Waals surface area contributed by atoms with Crippen molar-refractivity contribution in [2.45, 2.75) is 109 Å². The molecule has 1 unspecified atom stereocenters. The molecule has 0 saturated carbocycles. The molecule has 0 aliphatic carbocycles. The lowest BCUT2D eigenvalue weighted by atomic mass is 10.1. The van der Waals surface area contributed by atoms with Crippen LogP contribution in [0, 0.1) is 0 Å². The van der Waals surface area contributed by atoms with Gasteiger partial charge in [-0.05, 0) is 32.1 Å². The van der Waals surface area contributed by atoms with E-state index in [1.807, 2.05) is 0 Å². The molecule has 0 amide bonds. The molecule has 0 heterocycles. The number of aliphatic hydroxyl groups excluding tert-OH is 2. The second-order valence-corrected chi connectivity index (χ2v) is 7.31. The minimum Gasteiger partial charge on any atom is -0.395 e. The quantitative estimate of drug-likeness (QED) is 0.204. The molecule has 0 fully saturated rings. The van der Waals surface area contributed by atoms with Crippen LogP contribution in [0.15, 0.2) is 12.2 Å². The van der Waals surface area contributed by atoms with Gasteiger partial charge in [0.25, 0.3) is 0 Å². The smallest absolute Gasteiger partial charge is 0.0664 e. The molecule has 0 radical (unpaired) electrons. The van der Waals surface area contributed by atoms with Gasteiger partial charge >= 0.3 is 0 Å². The number of nitrogens with one attached hydrogen (secondary N) is 1. The van der Waals surface area contributed by atoms with Crippen molar-refractivity contribution in [3.05, 3.63) is 12.2 Å². The van der Waals surface area contributed by atoms with E-state index in [9.17, 15) is 5.11 Å². The topological polar surface area (TPSA) is 52.5 Å². The maximum absolute atomic E-state index is 9.74. The fraction of sp³-hybridized carbons (Fsp3) is 0.909. The molecule has 0 aliphatic rings. The monoisotopic (exact) mass is 355 g/mol. The van der Waals surface area contributed by atoms with Crippen LogP contribution in [0.3, 0.4) is 0 Å². The lowest BCUT2D eigenvalue weighted by Gasteiger charge is -2.10. The van der Waals surface area contributed by atoms with E-state index >= 15 is 0 Å². The van der Waals surface area contributed by atoms with Gasteiger partial charge in [0.2, 0.25) is 0 Å². The van der Waals surface area contributed by atoms with Gasteiger partial charge < -0.3 is 15.5 Å². The Balaban J connectivity index is 3.14. The number of allylic oxidation sites excluding steroid dienone is 2. The van der Waals surface area contributed by atoms with Crippen LogP contribution in [0.5, 0.6) is 0 Å². The summed E-state index contributed by atoms with van der Waals surface area (Å²) < 4.78 is 0. The zero-order chi connectivity index (χ0) is 18.4. The Morgan fingerprint density at radius 3 is 1.84 bits per heavy atom. The standard InChI is InChI=1S/C22H45NO2/c1-2-3-4-5-6-7-8-9-10-11-12-13-14-15-16-17-18-22(25)21-23-19-20-24/h9-10,22-25H,2-8,11-21H2,1H3/b10-9-. The van der Waals surface area contributed by atoms with E-state index < -0.39 is 0 Å². The van der Waals surface area contributed by atoms with Crippen LogP contribution in [0.2, 0.25) is 0 Å². The summed E-state index contributed by atoms with van der Waals surface area (Å²) in [6.45, 7) is 3.59. The molecule has 3 N–H and O–H groups in total. The van der Waals surface area contributed by atoms with E-state index in [1.165, 1.54) is 83.5 Å². The molecule has 1 atom stereocenters. The van der Waals surface area contributed by atoms with Gasteiger partial charge in [-0.2, -0.15) is 0 Å². The molecule has 0 bridgehead atoms. The second-order valence-electron chi connectivity index (χ2n) is 7.31. The van der Waals surface area contributed by atoms with E-state index in [-0.39, 0.29) is 12.7 Å². The van der Waals surface area contributed by atoms with Gasteiger partial charge in [-0.15, -0.1) is 0 Å². The highest BCUT2D eigenvalue weighted by atomic mass is 16.3. The van der Waals surface area contributed by atoms with Gasteiger partial charge in [0.1, 0.15) is 0 Å². The van der Waals surface area contributed by atoms with Crippen LogP contribution in [0.25, 0.3) is 0 Å². The molecular formula is C22H45NO2. The third kappa shape index (κ3) is 21.6. The van der Waals surface area contributed by atoms with Gasteiger partial charge in [0.05, 0.1) is 12.7 Å². The normalized spacial score (nSPS) is 12.9. The van der Waals surface area contributed by atoms with Crippen molar-refractivity contribution in [1.29, 1.82) is 0 Å². The van der Waals surface area contributed by atoms with E-state index in [4.69, 9.17) is 5.11 Å². The first-order valence-corrected chi connectivity index (χ1v) is 11.0. The van der Waals surface area contributed by atoms with Crippen molar-refractivity contribution in [3.8, 4) is 0 Å². The molecule has 0 aromatic rings. The Bertz CT molecular complexity index is 269. The molecule has 0 aliphatic heterocycles. The summed E-state index contributed by atoms with van der Waals surface area (Å²) in [5.74, 6) is 0. The summed E-state index contributed by atoms with van der Waals surface area (Å²) in [6.07, 6.45) is 23.8. The number of hydrogen-bond donors (Lipinski definition) is 3. The fourth-order valence-electron chi connectivity index (χ4n) is 3.08. The summed E-state index contributed by atoms with van der Waals surface area (Å²) in [4.78, 5) is 0. The summed E-state index contributed by atoms with van der Waals surface area (Å²) >= 11 is 0. The van der Waals surface area contributed by atoms with Gasteiger partial charge in [0.15, 0.2) is 0 Å². The average molecular weight is 356 g/mol. The van der Waals surface area contributed by atoms with Crippen LogP contribution in [0.4, 0.5) is 0 Å². The number of rotatable bonds is 20. The van der Waals surface area contributed by atoms with E-state index in [0.717, 1.165) is 12.8 Å². The molecule has 0 aromatic carbocycles. The third-order valence-electron chi connectivity index (χ3n) is 4.72. The molecule has 150 valence electrons. The molecular weight excluding hydrogens is 310 g/mol. The minimum absolute atomic E-state index is 0.140. The maximum Gasteiger partial charge on any atom is 0.0664 e. The van der Waals surface area contributed by atoms with Gasteiger partial charge in [0, 0.05) is 13.1 Å². The highest BCUT2D eigenvalue weighted by Crippen LogP contribution is 2.11. The summed E-state index contributed by atoms with van der Waals surface area (Å²) in [7, 11) is 0. The summed E-state index contributed by atoms with van der Waals surface area (Å²) in [5.41, 5.74) is 0. The maximum atomic E-state index is 9.74. The van der Waals surface area contributed by atoms with Crippen molar-refractivity contribution in [2.75, 3.05) is 19.7 Å². The first-order valence-electron chi connectivity index (χ1n) is 11.0.